The lowest BCUT2D eigenvalue weighted by molar-refractivity contribution is 0.102. The van der Waals surface area contributed by atoms with E-state index in [0.29, 0.717) is 11.3 Å². The Morgan fingerprint density at radius 3 is 2.81 bits per heavy atom. The molecule has 0 unspecified atom stereocenters. The lowest BCUT2D eigenvalue weighted by Crippen LogP contribution is -2.13. The number of anilines is 1. The van der Waals surface area contributed by atoms with Gasteiger partial charge in [-0.15, -0.1) is 0 Å². The fraction of sp³-hybridized carbons (Fsp3) is 0.176. The number of aromatic nitrogens is 1. The second-order valence-corrected chi connectivity index (χ2v) is 4.69. The first-order valence-electron chi connectivity index (χ1n) is 6.53. The summed E-state index contributed by atoms with van der Waals surface area (Å²) < 4.78 is 0. The first-order chi connectivity index (χ1) is 10.1. The van der Waals surface area contributed by atoms with Crippen LogP contribution in [-0.2, 0) is 0 Å². The Labute approximate surface area is 123 Å². The van der Waals surface area contributed by atoms with Crippen molar-refractivity contribution in [2.24, 2.45) is 0 Å². The van der Waals surface area contributed by atoms with E-state index in [0.717, 1.165) is 16.7 Å². The van der Waals surface area contributed by atoms with Gasteiger partial charge in [-0.3, -0.25) is 9.78 Å². The molecule has 0 saturated carbocycles. The van der Waals surface area contributed by atoms with Gasteiger partial charge in [0, 0.05) is 23.6 Å². The minimum absolute atomic E-state index is 0.190. The Hall–Kier alpha value is -2.64. The average Bonchev–Trinajstić information content (AvgIpc) is 2.48. The first-order valence-corrected chi connectivity index (χ1v) is 6.53. The molecule has 1 aromatic carbocycles. The van der Waals surface area contributed by atoms with E-state index < -0.39 is 0 Å². The molecule has 2 N–H and O–H groups in total. The summed E-state index contributed by atoms with van der Waals surface area (Å²) in [5.41, 5.74) is 3.83. The number of pyridine rings is 1. The Kier molecular flexibility index (Phi) is 4.70. The van der Waals surface area contributed by atoms with Crippen LogP contribution in [0.4, 0.5) is 5.69 Å². The lowest BCUT2D eigenvalue weighted by Gasteiger charge is -2.09. The number of nitrogens with zero attached hydrogens (tertiary/aromatic N) is 1. The molecular weight excluding hydrogens is 264 g/mol. The van der Waals surface area contributed by atoms with Gasteiger partial charge in [-0.25, -0.2) is 0 Å². The molecule has 0 atom stereocenters. The normalized spacial score (nSPS) is 9.67. The number of aliphatic hydroxyl groups is 1. The summed E-state index contributed by atoms with van der Waals surface area (Å²) in [7, 11) is 0. The second kappa shape index (κ2) is 6.69. The standard InChI is InChI=1S/C17H16N2O2/c1-12-8-15(11-18-10-12)17(21)19-16-9-14(4-3-7-20)6-5-13(16)2/h5-6,8-11,20H,7H2,1-2H3,(H,19,21). The molecule has 0 aliphatic carbocycles. The van der Waals surface area contributed by atoms with Gasteiger partial charge in [-0.2, -0.15) is 0 Å². The van der Waals surface area contributed by atoms with Crippen LogP contribution < -0.4 is 5.32 Å². The summed E-state index contributed by atoms with van der Waals surface area (Å²) in [5.74, 6) is 5.20. The fourth-order valence-electron chi connectivity index (χ4n) is 1.85. The molecule has 4 nitrogen and oxygen atoms in total. The first kappa shape index (κ1) is 14.8. The highest BCUT2D eigenvalue weighted by Gasteiger charge is 2.08. The molecule has 1 heterocycles. The van der Waals surface area contributed by atoms with Crippen LogP contribution in [-0.4, -0.2) is 22.6 Å². The smallest absolute Gasteiger partial charge is 0.257 e. The van der Waals surface area contributed by atoms with E-state index >= 15 is 0 Å². The summed E-state index contributed by atoms with van der Waals surface area (Å²) in [5, 5.41) is 11.6. The molecule has 0 saturated heterocycles. The quantitative estimate of drug-likeness (QED) is 0.830. The number of hydrogen-bond acceptors (Lipinski definition) is 3. The monoisotopic (exact) mass is 280 g/mol. The van der Waals surface area contributed by atoms with Crippen molar-refractivity contribution >= 4 is 11.6 Å². The highest BCUT2D eigenvalue weighted by atomic mass is 16.2. The largest absolute Gasteiger partial charge is 0.384 e. The van der Waals surface area contributed by atoms with E-state index in [9.17, 15) is 4.79 Å². The Balaban J connectivity index is 2.24. The van der Waals surface area contributed by atoms with Gasteiger partial charge >= 0.3 is 0 Å². The molecular formula is C17H16N2O2. The van der Waals surface area contributed by atoms with Crippen molar-refractivity contribution < 1.29 is 9.90 Å². The van der Waals surface area contributed by atoms with Crippen LogP contribution in [0.15, 0.2) is 36.7 Å². The maximum atomic E-state index is 12.2. The number of aryl methyl sites for hydroxylation is 2. The van der Waals surface area contributed by atoms with E-state index in [1.54, 1.807) is 18.3 Å². The zero-order valence-corrected chi connectivity index (χ0v) is 12.0. The number of amides is 1. The minimum Gasteiger partial charge on any atom is -0.384 e. The average molecular weight is 280 g/mol. The zero-order valence-electron chi connectivity index (χ0n) is 12.0. The van der Waals surface area contributed by atoms with Gasteiger partial charge in [0.05, 0.1) is 5.56 Å². The highest BCUT2D eigenvalue weighted by Crippen LogP contribution is 2.17. The summed E-state index contributed by atoms with van der Waals surface area (Å²) >= 11 is 0. The molecule has 0 aliphatic rings. The number of carbonyl (C=O) groups excluding carboxylic acids is 1. The zero-order chi connectivity index (χ0) is 15.2. The minimum atomic E-state index is -0.207. The van der Waals surface area contributed by atoms with Gasteiger partial charge in [0.15, 0.2) is 0 Å². The molecule has 2 rings (SSSR count). The molecule has 0 spiro atoms. The molecule has 0 aliphatic heterocycles. The molecule has 21 heavy (non-hydrogen) atoms. The van der Waals surface area contributed by atoms with E-state index in [2.05, 4.69) is 22.1 Å². The summed E-state index contributed by atoms with van der Waals surface area (Å²) in [6.45, 7) is 3.61. The maximum Gasteiger partial charge on any atom is 0.257 e. The number of benzene rings is 1. The number of nitrogens with one attached hydrogen (secondary N) is 1. The maximum absolute atomic E-state index is 12.2. The van der Waals surface area contributed by atoms with Crippen molar-refractivity contribution in [2.75, 3.05) is 11.9 Å². The van der Waals surface area contributed by atoms with Crippen molar-refractivity contribution in [3.05, 3.63) is 58.9 Å². The van der Waals surface area contributed by atoms with Crippen LogP contribution in [0.1, 0.15) is 27.0 Å². The summed E-state index contributed by atoms with van der Waals surface area (Å²) in [6.07, 6.45) is 3.24. The van der Waals surface area contributed by atoms with Crippen LogP contribution in [0, 0.1) is 25.7 Å². The molecule has 106 valence electrons. The van der Waals surface area contributed by atoms with Crippen LogP contribution in [0.3, 0.4) is 0 Å². The predicted molar refractivity (Wildman–Crippen MR) is 82.1 cm³/mol. The van der Waals surface area contributed by atoms with Crippen LogP contribution in [0.5, 0.6) is 0 Å². The van der Waals surface area contributed by atoms with Crippen LogP contribution in [0.2, 0.25) is 0 Å². The van der Waals surface area contributed by atoms with Crippen LogP contribution in [0.25, 0.3) is 0 Å². The Morgan fingerprint density at radius 1 is 1.29 bits per heavy atom. The molecule has 0 bridgehead atoms. The number of rotatable bonds is 2. The van der Waals surface area contributed by atoms with E-state index in [1.807, 2.05) is 26.0 Å². The third-order valence-electron chi connectivity index (χ3n) is 2.93. The molecule has 0 fully saturated rings. The molecule has 4 heteroatoms. The van der Waals surface area contributed by atoms with Gasteiger partial charge in [0.1, 0.15) is 6.61 Å². The summed E-state index contributed by atoms with van der Waals surface area (Å²) in [4.78, 5) is 16.2. The fourth-order valence-corrected chi connectivity index (χ4v) is 1.85. The molecule has 2 aromatic rings. The van der Waals surface area contributed by atoms with Gasteiger partial charge < -0.3 is 10.4 Å². The molecule has 1 amide bonds. The van der Waals surface area contributed by atoms with E-state index in [4.69, 9.17) is 5.11 Å². The third-order valence-corrected chi connectivity index (χ3v) is 2.93. The number of hydrogen-bond donors (Lipinski definition) is 2. The molecule has 1 aromatic heterocycles. The Bertz CT molecular complexity index is 727. The number of carbonyl (C=O) groups is 1. The van der Waals surface area contributed by atoms with Crippen molar-refractivity contribution in [1.82, 2.24) is 4.98 Å². The van der Waals surface area contributed by atoms with E-state index in [1.165, 1.54) is 6.20 Å². The van der Waals surface area contributed by atoms with Crippen LogP contribution >= 0.6 is 0 Å². The highest BCUT2D eigenvalue weighted by molar-refractivity contribution is 6.04. The topological polar surface area (TPSA) is 62.2 Å². The lowest BCUT2D eigenvalue weighted by atomic mass is 10.1. The van der Waals surface area contributed by atoms with Crippen molar-refractivity contribution in [1.29, 1.82) is 0 Å². The van der Waals surface area contributed by atoms with Crippen molar-refractivity contribution in [2.45, 2.75) is 13.8 Å². The summed E-state index contributed by atoms with van der Waals surface area (Å²) in [6, 6.07) is 7.31. The van der Waals surface area contributed by atoms with Gasteiger partial charge in [-0.05, 0) is 43.2 Å². The molecule has 0 radical (unpaired) electrons. The third kappa shape index (κ3) is 3.91. The number of aliphatic hydroxyl groups excluding tert-OH is 1. The SMILES string of the molecule is Cc1cncc(C(=O)Nc2cc(C#CCO)ccc2C)c1. The van der Waals surface area contributed by atoms with E-state index in [-0.39, 0.29) is 12.5 Å². The van der Waals surface area contributed by atoms with Gasteiger partial charge in [0.25, 0.3) is 5.91 Å². The van der Waals surface area contributed by atoms with Gasteiger partial charge in [0.2, 0.25) is 0 Å². The van der Waals surface area contributed by atoms with Crippen molar-refractivity contribution in [3.63, 3.8) is 0 Å². The Morgan fingerprint density at radius 2 is 2.10 bits per heavy atom. The predicted octanol–water partition coefficient (Wildman–Crippen LogP) is 2.29. The second-order valence-electron chi connectivity index (χ2n) is 4.69. The van der Waals surface area contributed by atoms with Gasteiger partial charge in [-0.1, -0.05) is 17.9 Å². The van der Waals surface area contributed by atoms with Crippen molar-refractivity contribution in [3.8, 4) is 11.8 Å².